The number of hydrogen-bond acceptors (Lipinski definition) is 3. The lowest BCUT2D eigenvalue weighted by Crippen LogP contribution is -2.28. The van der Waals surface area contributed by atoms with Gasteiger partial charge >= 0.3 is 0 Å². The fourth-order valence-corrected chi connectivity index (χ4v) is 4.22. The van der Waals surface area contributed by atoms with Crippen LogP contribution in [-0.2, 0) is 11.2 Å². The Bertz CT molecular complexity index is 943. The van der Waals surface area contributed by atoms with Crippen molar-refractivity contribution < 1.29 is 9.59 Å². The zero-order chi connectivity index (χ0) is 25.8. The second-order valence-electron chi connectivity index (χ2n) is 9.16. The van der Waals surface area contributed by atoms with Crippen molar-refractivity contribution in [3.63, 3.8) is 0 Å². The summed E-state index contributed by atoms with van der Waals surface area (Å²) < 4.78 is 0. The Kier molecular flexibility index (Phi) is 14.6. The minimum absolute atomic E-state index is 0.223. The van der Waals surface area contributed by atoms with Crippen LogP contribution in [0.25, 0.3) is 0 Å². The first kappa shape index (κ1) is 29.0. The first-order valence-corrected chi connectivity index (χ1v) is 13.4. The zero-order valence-corrected chi connectivity index (χ0v) is 21.9. The van der Waals surface area contributed by atoms with Gasteiger partial charge in [-0.3, -0.25) is 14.6 Å². The van der Waals surface area contributed by atoms with E-state index in [0.717, 1.165) is 70.2 Å². The predicted octanol–water partition coefficient (Wildman–Crippen LogP) is 6.49. The average Bonchev–Trinajstić information content (AvgIpc) is 3.34. The van der Waals surface area contributed by atoms with Gasteiger partial charge in [-0.15, -0.1) is 0 Å². The van der Waals surface area contributed by atoms with Gasteiger partial charge in [-0.1, -0.05) is 67.7 Å². The average molecular weight is 490 g/mol. The number of amides is 2. The highest BCUT2D eigenvalue weighted by Crippen LogP contribution is 2.22. The van der Waals surface area contributed by atoms with Crippen LogP contribution in [0.15, 0.2) is 79.1 Å². The van der Waals surface area contributed by atoms with Gasteiger partial charge in [0.15, 0.2) is 0 Å². The van der Waals surface area contributed by atoms with Gasteiger partial charge in [0.05, 0.1) is 11.3 Å². The molecule has 194 valence electrons. The third-order valence-corrected chi connectivity index (χ3v) is 6.20. The van der Waals surface area contributed by atoms with Crippen LogP contribution in [0.2, 0.25) is 0 Å². The molecule has 1 aromatic rings. The molecule has 2 rings (SSSR count). The SMILES string of the molecule is CC/C=C\C/C=C\C/C=C\C/C=C\C/C=C\CCCC(=O)N1CC[C@H](Cc2ncccc2C(N)=O)C1. The Balaban J connectivity index is 1.53. The van der Waals surface area contributed by atoms with Gasteiger partial charge in [0, 0.05) is 25.7 Å². The number of unbranched alkanes of at least 4 members (excludes halogenated alkanes) is 1. The van der Waals surface area contributed by atoms with E-state index in [-0.39, 0.29) is 5.91 Å². The van der Waals surface area contributed by atoms with Crippen LogP contribution in [0.3, 0.4) is 0 Å². The fraction of sp³-hybridized carbons (Fsp3) is 0.452. The normalized spacial score (nSPS) is 16.6. The van der Waals surface area contributed by atoms with Crippen molar-refractivity contribution in [1.29, 1.82) is 0 Å². The molecule has 0 unspecified atom stereocenters. The second kappa shape index (κ2) is 18.1. The Hall–Kier alpha value is -3.21. The van der Waals surface area contributed by atoms with Gasteiger partial charge < -0.3 is 10.6 Å². The summed E-state index contributed by atoms with van der Waals surface area (Å²) in [6.45, 7) is 3.66. The second-order valence-corrected chi connectivity index (χ2v) is 9.16. The Morgan fingerprint density at radius 3 is 2.19 bits per heavy atom. The maximum Gasteiger partial charge on any atom is 0.250 e. The molecule has 5 nitrogen and oxygen atoms in total. The smallest absolute Gasteiger partial charge is 0.250 e. The van der Waals surface area contributed by atoms with Gasteiger partial charge in [-0.25, -0.2) is 0 Å². The highest BCUT2D eigenvalue weighted by atomic mass is 16.2. The summed E-state index contributed by atoms with van der Waals surface area (Å²) in [5.41, 5.74) is 6.68. The number of nitrogens with zero attached hydrogens (tertiary/aromatic N) is 2. The molecule has 1 fully saturated rings. The van der Waals surface area contributed by atoms with Gasteiger partial charge in [0.2, 0.25) is 5.91 Å². The van der Waals surface area contributed by atoms with E-state index in [1.165, 1.54) is 0 Å². The molecule has 1 atom stereocenters. The summed E-state index contributed by atoms with van der Waals surface area (Å²) >= 11 is 0. The number of likely N-dealkylation sites (tertiary alicyclic amines) is 1. The minimum Gasteiger partial charge on any atom is -0.366 e. The number of rotatable bonds is 16. The van der Waals surface area contributed by atoms with E-state index in [0.29, 0.717) is 24.3 Å². The molecule has 1 saturated heterocycles. The van der Waals surface area contributed by atoms with Gasteiger partial charge in [-0.05, 0) is 75.8 Å². The van der Waals surface area contributed by atoms with Crippen LogP contribution in [0, 0.1) is 5.92 Å². The van der Waals surface area contributed by atoms with Crippen LogP contribution in [0.5, 0.6) is 0 Å². The zero-order valence-electron chi connectivity index (χ0n) is 21.9. The molecule has 2 heterocycles. The third kappa shape index (κ3) is 12.0. The highest BCUT2D eigenvalue weighted by molar-refractivity contribution is 5.93. The molecule has 1 aliphatic rings. The number of primary amides is 1. The highest BCUT2D eigenvalue weighted by Gasteiger charge is 2.27. The fourth-order valence-electron chi connectivity index (χ4n) is 4.22. The summed E-state index contributed by atoms with van der Waals surface area (Å²) in [6, 6.07) is 3.45. The first-order chi connectivity index (χ1) is 17.6. The van der Waals surface area contributed by atoms with Gasteiger partial charge in [0.25, 0.3) is 5.91 Å². The largest absolute Gasteiger partial charge is 0.366 e. The van der Waals surface area contributed by atoms with Crippen LogP contribution in [0.1, 0.15) is 80.8 Å². The summed E-state index contributed by atoms with van der Waals surface area (Å²) in [5, 5.41) is 0. The van der Waals surface area contributed by atoms with E-state index in [9.17, 15) is 9.59 Å². The number of aromatic nitrogens is 1. The van der Waals surface area contributed by atoms with Gasteiger partial charge in [-0.2, -0.15) is 0 Å². The van der Waals surface area contributed by atoms with E-state index in [2.05, 4.69) is 72.7 Å². The van der Waals surface area contributed by atoms with Crippen LogP contribution < -0.4 is 5.73 Å². The molecule has 2 N–H and O–H groups in total. The molecule has 0 aliphatic carbocycles. The lowest BCUT2D eigenvalue weighted by molar-refractivity contribution is -0.130. The topological polar surface area (TPSA) is 76.3 Å². The van der Waals surface area contributed by atoms with Crippen molar-refractivity contribution >= 4 is 11.8 Å². The maximum atomic E-state index is 12.6. The Labute approximate surface area is 217 Å². The molecular weight excluding hydrogens is 446 g/mol. The molecule has 2 amide bonds. The minimum atomic E-state index is -0.445. The molecule has 1 aliphatic heterocycles. The number of hydrogen-bond donors (Lipinski definition) is 1. The summed E-state index contributed by atoms with van der Waals surface area (Å²) in [7, 11) is 0. The van der Waals surface area contributed by atoms with Crippen LogP contribution in [-0.4, -0.2) is 34.8 Å². The molecule has 5 heteroatoms. The summed E-state index contributed by atoms with van der Waals surface area (Å²) in [6.07, 6.45) is 32.6. The van der Waals surface area contributed by atoms with E-state index in [1.54, 1.807) is 18.3 Å². The molecule has 0 spiro atoms. The monoisotopic (exact) mass is 489 g/mol. The Morgan fingerprint density at radius 2 is 1.58 bits per heavy atom. The van der Waals surface area contributed by atoms with E-state index >= 15 is 0 Å². The molecular formula is C31H43N3O2. The van der Waals surface area contributed by atoms with Crippen molar-refractivity contribution in [2.45, 2.75) is 71.1 Å². The van der Waals surface area contributed by atoms with E-state index < -0.39 is 5.91 Å². The van der Waals surface area contributed by atoms with Gasteiger partial charge in [0.1, 0.15) is 0 Å². The molecule has 0 aromatic carbocycles. The number of pyridine rings is 1. The molecule has 1 aromatic heterocycles. The van der Waals surface area contributed by atoms with Crippen molar-refractivity contribution in [2.24, 2.45) is 11.7 Å². The maximum absolute atomic E-state index is 12.6. The van der Waals surface area contributed by atoms with Crippen molar-refractivity contribution in [3.05, 3.63) is 90.3 Å². The van der Waals surface area contributed by atoms with E-state index in [1.807, 2.05) is 4.90 Å². The lowest BCUT2D eigenvalue weighted by atomic mass is 9.99. The van der Waals surface area contributed by atoms with Crippen molar-refractivity contribution in [3.8, 4) is 0 Å². The molecule has 36 heavy (non-hydrogen) atoms. The number of nitrogens with two attached hydrogens (primary N) is 1. The first-order valence-electron chi connectivity index (χ1n) is 13.4. The summed E-state index contributed by atoms with van der Waals surface area (Å²) in [4.78, 5) is 30.5. The summed E-state index contributed by atoms with van der Waals surface area (Å²) in [5.74, 6) is 0.105. The lowest BCUT2D eigenvalue weighted by Gasteiger charge is -2.16. The molecule has 0 saturated carbocycles. The number of carbonyl (C=O) groups is 2. The van der Waals surface area contributed by atoms with Crippen LogP contribution >= 0.6 is 0 Å². The van der Waals surface area contributed by atoms with Crippen LogP contribution in [0.4, 0.5) is 0 Å². The van der Waals surface area contributed by atoms with Crippen molar-refractivity contribution in [2.75, 3.05) is 13.1 Å². The molecule has 0 bridgehead atoms. The number of carbonyl (C=O) groups excluding carboxylic acids is 2. The third-order valence-electron chi connectivity index (χ3n) is 6.20. The quantitative estimate of drug-likeness (QED) is 0.213. The standard InChI is InChI=1S/C31H43N3O2/c1-2-3-4-5-6-7-8-9-10-11-12-13-14-15-16-17-18-21-30(35)34-24-22-27(26-34)25-29-28(31(32)36)20-19-23-33-29/h3-4,6-7,9-10,12-13,15-16,19-20,23,27H,2,5,8,11,14,17-18,21-22,24-26H2,1H3,(H2,32,36)/b4-3-,7-6-,10-9-,13-12-,16-15-/t27-/m1/s1. The van der Waals surface area contributed by atoms with E-state index in [4.69, 9.17) is 5.73 Å². The molecule has 0 radical (unpaired) electrons. The Morgan fingerprint density at radius 1 is 0.972 bits per heavy atom. The predicted molar refractivity (Wildman–Crippen MR) is 149 cm³/mol. The van der Waals surface area contributed by atoms with Crippen molar-refractivity contribution in [1.82, 2.24) is 9.88 Å². The number of allylic oxidation sites excluding steroid dienone is 10.